The summed E-state index contributed by atoms with van der Waals surface area (Å²) in [6, 6.07) is 1.21. The SMILES string of the molecule is CNC(=O)C1(C)[C@H](C)[C@@H](n2cnc3c(NC)nc(C#Cc4cc(C)c(C)o4)nc32)[C@H](O)[C@@H]1O. The highest BCUT2D eigenvalue weighted by Gasteiger charge is 2.60. The van der Waals surface area contributed by atoms with E-state index in [4.69, 9.17) is 4.42 Å². The first-order valence-corrected chi connectivity index (χ1v) is 10.7. The molecule has 0 bridgehead atoms. The van der Waals surface area contributed by atoms with Crippen LogP contribution in [0.15, 0.2) is 16.8 Å². The molecule has 0 aliphatic heterocycles. The Balaban J connectivity index is 1.81. The van der Waals surface area contributed by atoms with Crippen molar-refractivity contribution in [3.05, 3.63) is 35.3 Å². The van der Waals surface area contributed by atoms with Crippen LogP contribution in [0.25, 0.3) is 11.2 Å². The number of amides is 1. The third kappa shape index (κ3) is 3.44. The minimum absolute atomic E-state index is 0.245. The third-order valence-corrected chi connectivity index (χ3v) is 6.91. The highest BCUT2D eigenvalue weighted by atomic mass is 16.3. The standard InChI is InChI=1S/C23H28N6O4/c1-11-9-14(33-13(11)3)7-8-15-27-20(24-5)16-21(28-15)29(10-26-16)17-12(2)23(4,22(32)25-6)19(31)18(17)30/h9-10,12,17-19,30-31H,1-6H3,(H,25,32)(H,24,27,28)/t12-,17-,18+,19+,23?/m1/s1. The molecule has 0 saturated heterocycles. The van der Waals surface area contributed by atoms with Crippen molar-refractivity contribution >= 4 is 22.9 Å². The van der Waals surface area contributed by atoms with Crippen molar-refractivity contribution in [2.24, 2.45) is 11.3 Å². The quantitative estimate of drug-likeness (QED) is 0.434. The minimum Gasteiger partial charge on any atom is -0.453 e. The number of furan rings is 1. The molecule has 33 heavy (non-hydrogen) atoms. The monoisotopic (exact) mass is 452 g/mol. The van der Waals surface area contributed by atoms with E-state index in [2.05, 4.69) is 37.4 Å². The molecule has 3 aromatic rings. The van der Waals surface area contributed by atoms with Crippen molar-refractivity contribution in [1.29, 1.82) is 0 Å². The van der Waals surface area contributed by atoms with Gasteiger partial charge in [0.1, 0.15) is 11.9 Å². The van der Waals surface area contributed by atoms with Crippen LogP contribution in [0.3, 0.4) is 0 Å². The first-order valence-electron chi connectivity index (χ1n) is 10.7. The van der Waals surface area contributed by atoms with Gasteiger partial charge >= 0.3 is 0 Å². The predicted octanol–water partition coefficient (Wildman–Crippen LogP) is 1.14. The Morgan fingerprint density at radius 3 is 2.58 bits per heavy atom. The predicted molar refractivity (Wildman–Crippen MR) is 121 cm³/mol. The number of fused-ring (bicyclic) bond motifs is 1. The molecule has 0 radical (unpaired) electrons. The average molecular weight is 453 g/mol. The number of aliphatic hydroxyl groups is 2. The first kappa shape index (κ1) is 22.8. The van der Waals surface area contributed by atoms with Gasteiger partial charge in [-0.1, -0.05) is 6.92 Å². The highest BCUT2D eigenvalue weighted by Crippen LogP contribution is 2.50. The second kappa shape index (κ2) is 8.17. The molecular formula is C23H28N6O4. The molecule has 4 rings (SSSR count). The van der Waals surface area contributed by atoms with E-state index in [1.165, 1.54) is 7.05 Å². The number of rotatable bonds is 3. The van der Waals surface area contributed by atoms with Crippen LogP contribution in [-0.4, -0.2) is 61.9 Å². The van der Waals surface area contributed by atoms with E-state index in [1.807, 2.05) is 26.8 Å². The number of aliphatic hydroxyl groups excluding tert-OH is 2. The van der Waals surface area contributed by atoms with Crippen LogP contribution in [0.4, 0.5) is 5.82 Å². The third-order valence-electron chi connectivity index (χ3n) is 6.91. The first-order chi connectivity index (χ1) is 15.6. The number of carbonyl (C=O) groups excluding carboxylic acids is 1. The van der Waals surface area contributed by atoms with Gasteiger partial charge in [-0.05, 0) is 50.2 Å². The molecule has 3 aromatic heterocycles. The number of aryl methyl sites for hydroxylation is 2. The van der Waals surface area contributed by atoms with Crippen LogP contribution in [-0.2, 0) is 4.79 Å². The van der Waals surface area contributed by atoms with Crippen LogP contribution in [0, 0.1) is 37.0 Å². The van der Waals surface area contributed by atoms with Gasteiger partial charge in [-0.3, -0.25) is 4.79 Å². The Morgan fingerprint density at radius 1 is 1.24 bits per heavy atom. The van der Waals surface area contributed by atoms with Gasteiger partial charge in [0.25, 0.3) is 0 Å². The van der Waals surface area contributed by atoms with Crippen LogP contribution >= 0.6 is 0 Å². The zero-order valence-electron chi connectivity index (χ0n) is 19.5. The Morgan fingerprint density at radius 2 is 1.97 bits per heavy atom. The molecule has 4 N–H and O–H groups in total. The van der Waals surface area contributed by atoms with Crippen molar-refractivity contribution in [1.82, 2.24) is 24.8 Å². The van der Waals surface area contributed by atoms with Gasteiger partial charge in [-0.25, -0.2) is 15.0 Å². The van der Waals surface area contributed by atoms with Crippen LogP contribution in [0.5, 0.6) is 0 Å². The molecule has 3 heterocycles. The van der Waals surface area contributed by atoms with E-state index in [1.54, 1.807) is 24.9 Å². The maximum absolute atomic E-state index is 12.6. The van der Waals surface area contributed by atoms with Gasteiger partial charge in [0.2, 0.25) is 11.7 Å². The number of nitrogens with one attached hydrogen (secondary N) is 2. The van der Waals surface area contributed by atoms with E-state index in [-0.39, 0.29) is 11.7 Å². The molecule has 1 saturated carbocycles. The fraction of sp³-hybridized carbons (Fsp3) is 0.478. The summed E-state index contributed by atoms with van der Waals surface area (Å²) >= 11 is 0. The van der Waals surface area contributed by atoms with Crippen molar-refractivity contribution in [3.63, 3.8) is 0 Å². The summed E-state index contributed by atoms with van der Waals surface area (Å²) in [5.74, 6) is 7.14. The number of anilines is 1. The summed E-state index contributed by atoms with van der Waals surface area (Å²) in [5.41, 5.74) is 0.753. The van der Waals surface area contributed by atoms with E-state index in [0.717, 1.165) is 11.3 Å². The smallest absolute Gasteiger partial charge is 0.228 e. The fourth-order valence-corrected chi connectivity index (χ4v) is 4.59. The molecule has 1 amide bonds. The van der Waals surface area contributed by atoms with Gasteiger partial charge in [-0.2, -0.15) is 0 Å². The van der Waals surface area contributed by atoms with E-state index in [9.17, 15) is 15.0 Å². The lowest BCUT2D eigenvalue weighted by molar-refractivity contribution is -0.139. The summed E-state index contributed by atoms with van der Waals surface area (Å²) in [5, 5.41) is 27.3. The van der Waals surface area contributed by atoms with E-state index >= 15 is 0 Å². The van der Waals surface area contributed by atoms with Gasteiger partial charge in [0.15, 0.2) is 22.7 Å². The Bertz CT molecular complexity index is 1270. The minimum atomic E-state index is -1.26. The molecule has 0 spiro atoms. The summed E-state index contributed by atoms with van der Waals surface area (Å²) in [6.07, 6.45) is -0.912. The van der Waals surface area contributed by atoms with Gasteiger partial charge in [0, 0.05) is 14.1 Å². The topological polar surface area (TPSA) is 138 Å². The Labute approximate surface area is 191 Å². The van der Waals surface area contributed by atoms with Crippen LogP contribution < -0.4 is 10.6 Å². The van der Waals surface area contributed by atoms with E-state index < -0.39 is 29.6 Å². The molecule has 0 aromatic carbocycles. The molecular weight excluding hydrogens is 424 g/mol. The summed E-state index contributed by atoms with van der Waals surface area (Å²) in [6.45, 7) is 7.30. The fourth-order valence-electron chi connectivity index (χ4n) is 4.59. The maximum atomic E-state index is 12.6. The highest BCUT2D eigenvalue weighted by molar-refractivity contribution is 5.85. The van der Waals surface area contributed by atoms with Crippen molar-refractivity contribution in [3.8, 4) is 11.8 Å². The largest absolute Gasteiger partial charge is 0.453 e. The second-order valence-corrected chi connectivity index (χ2v) is 8.65. The van der Waals surface area contributed by atoms with E-state index in [0.29, 0.717) is 22.7 Å². The maximum Gasteiger partial charge on any atom is 0.228 e. The molecule has 10 nitrogen and oxygen atoms in total. The Kier molecular flexibility index (Phi) is 5.64. The lowest BCUT2D eigenvalue weighted by Gasteiger charge is -2.31. The zero-order chi connectivity index (χ0) is 24.1. The normalized spacial score (nSPS) is 26.8. The molecule has 1 aliphatic carbocycles. The van der Waals surface area contributed by atoms with Crippen LogP contribution in [0.2, 0.25) is 0 Å². The number of carbonyl (C=O) groups is 1. The van der Waals surface area contributed by atoms with Crippen molar-refractivity contribution < 1.29 is 19.4 Å². The molecule has 1 unspecified atom stereocenters. The number of imidazole rings is 1. The molecule has 174 valence electrons. The lowest BCUT2D eigenvalue weighted by atomic mass is 9.77. The molecule has 1 aliphatic rings. The molecule has 5 atom stereocenters. The average Bonchev–Trinajstić information content (AvgIpc) is 3.42. The number of aromatic nitrogens is 4. The molecule has 1 fully saturated rings. The molecule has 10 heteroatoms. The van der Waals surface area contributed by atoms with Crippen LogP contribution in [0.1, 0.15) is 42.8 Å². The van der Waals surface area contributed by atoms with Crippen molar-refractivity contribution in [2.75, 3.05) is 19.4 Å². The second-order valence-electron chi connectivity index (χ2n) is 8.65. The summed E-state index contributed by atoms with van der Waals surface area (Å²) < 4.78 is 7.30. The van der Waals surface area contributed by atoms with Crippen molar-refractivity contribution in [2.45, 2.75) is 45.9 Å². The summed E-state index contributed by atoms with van der Waals surface area (Å²) in [4.78, 5) is 26.1. The zero-order valence-corrected chi connectivity index (χ0v) is 19.5. The Hall–Kier alpha value is -3.42. The number of hydrogen-bond acceptors (Lipinski definition) is 8. The number of nitrogens with zero attached hydrogens (tertiary/aromatic N) is 4. The number of hydrogen-bond donors (Lipinski definition) is 4. The lowest BCUT2D eigenvalue weighted by Crippen LogP contribution is -2.47. The van der Waals surface area contributed by atoms with Gasteiger partial charge < -0.3 is 29.8 Å². The van der Waals surface area contributed by atoms with Gasteiger partial charge in [-0.15, -0.1) is 0 Å². The summed E-state index contributed by atoms with van der Waals surface area (Å²) in [7, 11) is 3.23. The van der Waals surface area contributed by atoms with Gasteiger partial charge in [0.05, 0.1) is 23.9 Å².